The lowest BCUT2D eigenvalue weighted by Crippen LogP contribution is -2.47. The van der Waals surface area contributed by atoms with Gasteiger partial charge >= 0.3 is 0 Å². The van der Waals surface area contributed by atoms with Crippen LogP contribution >= 0.6 is 0 Å². The van der Waals surface area contributed by atoms with Crippen molar-refractivity contribution in [3.63, 3.8) is 0 Å². The largest absolute Gasteiger partial charge is 0.494 e. The van der Waals surface area contributed by atoms with Crippen LogP contribution in [0.3, 0.4) is 0 Å². The zero-order chi connectivity index (χ0) is 18.1. The van der Waals surface area contributed by atoms with Gasteiger partial charge in [0.25, 0.3) is 0 Å². The molecule has 1 fully saturated rings. The van der Waals surface area contributed by atoms with E-state index in [1.165, 1.54) is 13.2 Å². The fraction of sp³-hybridized carbons (Fsp3) is 0.300. The number of methoxy groups -OCH3 is 1. The van der Waals surface area contributed by atoms with E-state index in [2.05, 4.69) is 14.8 Å². The maximum Gasteiger partial charge on any atom is 0.167 e. The molecule has 0 aliphatic carbocycles. The van der Waals surface area contributed by atoms with E-state index < -0.39 is 0 Å². The van der Waals surface area contributed by atoms with Gasteiger partial charge in [0.2, 0.25) is 0 Å². The highest BCUT2D eigenvalue weighted by Crippen LogP contribution is 2.26. The summed E-state index contributed by atoms with van der Waals surface area (Å²) in [6.07, 6.45) is 0. The molecule has 134 valence electrons. The molecule has 1 aliphatic heterocycles. The molecule has 0 atom stereocenters. The van der Waals surface area contributed by atoms with E-state index in [9.17, 15) is 4.39 Å². The highest BCUT2D eigenvalue weighted by atomic mass is 19.1. The molecular formula is C20H21FN4O. The van der Waals surface area contributed by atoms with E-state index in [-0.39, 0.29) is 11.6 Å². The molecule has 3 aromatic rings. The number of anilines is 2. The van der Waals surface area contributed by atoms with Crippen LogP contribution in [-0.2, 0) is 0 Å². The lowest BCUT2D eigenvalue weighted by atomic mass is 10.2. The van der Waals surface area contributed by atoms with Crippen molar-refractivity contribution < 1.29 is 9.13 Å². The van der Waals surface area contributed by atoms with Gasteiger partial charge in [0, 0.05) is 37.9 Å². The van der Waals surface area contributed by atoms with Gasteiger partial charge in [0.15, 0.2) is 17.4 Å². The lowest BCUT2D eigenvalue weighted by molar-refractivity contribution is 0.386. The minimum Gasteiger partial charge on any atom is -0.494 e. The van der Waals surface area contributed by atoms with Crippen molar-refractivity contribution in [2.24, 2.45) is 0 Å². The monoisotopic (exact) mass is 352 g/mol. The Labute approximate surface area is 152 Å². The van der Waals surface area contributed by atoms with Crippen LogP contribution in [0.1, 0.15) is 5.69 Å². The topological polar surface area (TPSA) is 41.5 Å². The number of ether oxygens (including phenoxy) is 1. The molecule has 0 unspecified atom stereocenters. The normalized spacial score (nSPS) is 14.7. The Hall–Kier alpha value is -2.89. The van der Waals surface area contributed by atoms with Crippen molar-refractivity contribution in [3.8, 4) is 5.75 Å². The molecule has 5 nitrogen and oxygen atoms in total. The molecule has 6 heteroatoms. The molecule has 1 aliphatic rings. The zero-order valence-electron chi connectivity index (χ0n) is 14.9. The van der Waals surface area contributed by atoms with Gasteiger partial charge in [-0.3, -0.25) is 0 Å². The Morgan fingerprint density at radius 1 is 0.923 bits per heavy atom. The summed E-state index contributed by atoms with van der Waals surface area (Å²) in [6.45, 7) is 5.25. The smallest absolute Gasteiger partial charge is 0.167 e. The fourth-order valence-corrected chi connectivity index (χ4v) is 3.41. The number of aromatic nitrogens is 2. The van der Waals surface area contributed by atoms with E-state index in [0.717, 1.165) is 54.4 Å². The summed E-state index contributed by atoms with van der Waals surface area (Å²) in [5.74, 6) is 0.877. The summed E-state index contributed by atoms with van der Waals surface area (Å²) < 4.78 is 19.0. The van der Waals surface area contributed by atoms with Crippen molar-refractivity contribution in [1.82, 2.24) is 9.97 Å². The second kappa shape index (κ2) is 6.78. The number of benzene rings is 2. The number of halogens is 1. The highest BCUT2D eigenvalue weighted by molar-refractivity contribution is 5.76. The first-order valence-electron chi connectivity index (χ1n) is 8.72. The van der Waals surface area contributed by atoms with Crippen LogP contribution in [0.4, 0.5) is 15.9 Å². The Kier molecular flexibility index (Phi) is 4.32. The van der Waals surface area contributed by atoms with Gasteiger partial charge in [-0.2, -0.15) is 0 Å². The molecule has 0 amide bonds. The minimum atomic E-state index is -0.330. The van der Waals surface area contributed by atoms with Crippen LogP contribution in [0.5, 0.6) is 5.75 Å². The Bertz CT molecular complexity index is 938. The lowest BCUT2D eigenvalue weighted by Gasteiger charge is -2.37. The first kappa shape index (κ1) is 16.6. The van der Waals surface area contributed by atoms with E-state index in [1.54, 1.807) is 6.07 Å². The molecule has 2 heterocycles. The summed E-state index contributed by atoms with van der Waals surface area (Å²) in [7, 11) is 1.48. The van der Waals surface area contributed by atoms with Crippen LogP contribution in [0.2, 0.25) is 0 Å². The summed E-state index contributed by atoms with van der Waals surface area (Å²) in [5, 5.41) is 0. The van der Waals surface area contributed by atoms with Gasteiger partial charge in [-0.15, -0.1) is 0 Å². The molecule has 4 rings (SSSR count). The third-order valence-corrected chi connectivity index (χ3v) is 4.80. The second-order valence-corrected chi connectivity index (χ2v) is 6.41. The van der Waals surface area contributed by atoms with Crippen molar-refractivity contribution >= 4 is 22.5 Å². The minimum absolute atomic E-state index is 0.273. The predicted molar refractivity (Wildman–Crippen MR) is 102 cm³/mol. The number of nitrogens with zero attached hydrogens (tertiary/aromatic N) is 4. The second-order valence-electron chi connectivity index (χ2n) is 6.41. The van der Waals surface area contributed by atoms with Gasteiger partial charge in [0.05, 0.1) is 23.8 Å². The fourth-order valence-electron chi connectivity index (χ4n) is 3.41. The van der Waals surface area contributed by atoms with Crippen LogP contribution in [0.15, 0.2) is 42.5 Å². The van der Waals surface area contributed by atoms with E-state index in [4.69, 9.17) is 9.72 Å². The number of aryl methyl sites for hydroxylation is 1. The first-order chi connectivity index (χ1) is 12.7. The van der Waals surface area contributed by atoms with Gasteiger partial charge in [-0.1, -0.05) is 12.1 Å². The summed E-state index contributed by atoms with van der Waals surface area (Å²) in [4.78, 5) is 13.9. The number of rotatable bonds is 3. The maximum atomic E-state index is 14.0. The average molecular weight is 352 g/mol. The molecule has 0 radical (unpaired) electrons. The molecule has 2 aromatic carbocycles. The average Bonchev–Trinajstić information content (AvgIpc) is 2.67. The standard InChI is InChI=1S/C20H21FN4O/c1-14-20(23-18-6-4-3-5-17(18)22-14)25-11-9-24(10-12-25)15-7-8-19(26-2)16(21)13-15/h3-8,13H,9-12H2,1-2H3. The summed E-state index contributed by atoms with van der Waals surface area (Å²) >= 11 is 0. The van der Waals surface area contributed by atoms with Crippen LogP contribution < -0.4 is 14.5 Å². The Morgan fingerprint density at radius 3 is 2.23 bits per heavy atom. The molecule has 0 saturated carbocycles. The summed E-state index contributed by atoms with van der Waals surface area (Å²) in [6, 6.07) is 13.0. The van der Waals surface area contributed by atoms with Gasteiger partial charge < -0.3 is 14.5 Å². The molecule has 0 spiro atoms. The van der Waals surface area contributed by atoms with Crippen LogP contribution in [0.25, 0.3) is 11.0 Å². The molecule has 0 N–H and O–H groups in total. The van der Waals surface area contributed by atoms with Gasteiger partial charge in [0.1, 0.15) is 0 Å². The van der Waals surface area contributed by atoms with E-state index in [1.807, 2.05) is 37.3 Å². The van der Waals surface area contributed by atoms with Gasteiger partial charge in [-0.25, -0.2) is 14.4 Å². The van der Waals surface area contributed by atoms with Crippen molar-refractivity contribution in [1.29, 1.82) is 0 Å². The highest BCUT2D eigenvalue weighted by Gasteiger charge is 2.21. The molecular weight excluding hydrogens is 331 g/mol. The van der Waals surface area contributed by atoms with Crippen LogP contribution in [-0.4, -0.2) is 43.3 Å². The van der Waals surface area contributed by atoms with Crippen LogP contribution in [0, 0.1) is 12.7 Å². The molecule has 1 aromatic heterocycles. The summed E-state index contributed by atoms with van der Waals surface area (Å²) in [5.41, 5.74) is 3.64. The molecule has 0 bridgehead atoms. The third kappa shape index (κ3) is 3.03. The number of hydrogen-bond donors (Lipinski definition) is 0. The third-order valence-electron chi connectivity index (χ3n) is 4.80. The van der Waals surface area contributed by atoms with Crippen molar-refractivity contribution in [3.05, 3.63) is 54.0 Å². The molecule has 26 heavy (non-hydrogen) atoms. The number of para-hydroxylation sites is 2. The Balaban J connectivity index is 1.51. The Morgan fingerprint density at radius 2 is 1.58 bits per heavy atom. The predicted octanol–water partition coefficient (Wildman–Crippen LogP) is 3.41. The van der Waals surface area contributed by atoms with Crippen molar-refractivity contribution in [2.75, 3.05) is 43.1 Å². The molecule has 1 saturated heterocycles. The maximum absolute atomic E-state index is 14.0. The number of fused-ring (bicyclic) bond motifs is 1. The quantitative estimate of drug-likeness (QED) is 0.723. The van der Waals surface area contributed by atoms with Crippen molar-refractivity contribution in [2.45, 2.75) is 6.92 Å². The van der Waals surface area contributed by atoms with Gasteiger partial charge in [-0.05, 0) is 31.2 Å². The number of hydrogen-bond acceptors (Lipinski definition) is 5. The zero-order valence-corrected chi connectivity index (χ0v) is 14.9. The van der Waals surface area contributed by atoms with E-state index in [0.29, 0.717) is 0 Å². The first-order valence-corrected chi connectivity index (χ1v) is 8.72. The SMILES string of the molecule is COc1ccc(N2CCN(c3nc4ccccc4nc3C)CC2)cc1F. The van der Waals surface area contributed by atoms with E-state index >= 15 is 0 Å². The number of piperazine rings is 1.